The molecule has 3 heterocycles. The molecule has 38 heavy (non-hydrogen) atoms. The summed E-state index contributed by atoms with van der Waals surface area (Å²) in [4.78, 5) is 32.8. The molecule has 0 spiro atoms. The molecule has 0 unspecified atom stereocenters. The van der Waals surface area contributed by atoms with Crippen LogP contribution in [-0.2, 0) is 11.8 Å². The normalized spacial score (nSPS) is 14.9. The molecule has 1 aliphatic heterocycles. The highest BCUT2D eigenvalue weighted by Crippen LogP contribution is 2.38. The summed E-state index contributed by atoms with van der Waals surface area (Å²) < 4.78 is 1.69. The Morgan fingerprint density at radius 1 is 1.03 bits per heavy atom. The third kappa shape index (κ3) is 5.05. The van der Waals surface area contributed by atoms with Crippen molar-refractivity contribution in [3.8, 4) is 22.4 Å². The van der Waals surface area contributed by atoms with Gasteiger partial charge in [-0.05, 0) is 72.7 Å². The van der Waals surface area contributed by atoms with E-state index in [9.17, 15) is 9.59 Å². The Morgan fingerprint density at radius 3 is 2.39 bits per heavy atom. The van der Waals surface area contributed by atoms with Crippen LogP contribution in [0.2, 0.25) is 0 Å². The first-order valence-electron chi connectivity index (χ1n) is 13.6. The zero-order chi connectivity index (χ0) is 27.0. The molecular formula is C32H38N4O2. The third-order valence-electron chi connectivity index (χ3n) is 7.91. The molecule has 6 heteroatoms. The molecule has 0 atom stereocenters. The lowest BCUT2D eigenvalue weighted by atomic mass is 9.87. The summed E-state index contributed by atoms with van der Waals surface area (Å²) in [6, 6.07) is 18.8. The summed E-state index contributed by atoms with van der Waals surface area (Å²) in [5.74, 6) is 0.969. The maximum absolute atomic E-state index is 13.0. The van der Waals surface area contributed by atoms with Crippen LogP contribution in [0.15, 0.2) is 65.6 Å². The van der Waals surface area contributed by atoms with Crippen LogP contribution in [0.4, 0.5) is 0 Å². The van der Waals surface area contributed by atoms with Crippen LogP contribution >= 0.6 is 0 Å². The number of pyridine rings is 1. The quantitative estimate of drug-likeness (QED) is 0.368. The van der Waals surface area contributed by atoms with Crippen LogP contribution in [-0.4, -0.2) is 59.0 Å². The molecule has 2 aromatic heterocycles. The van der Waals surface area contributed by atoms with Crippen molar-refractivity contribution in [3.63, 3.8) is 0 Å². The van der Waals surface area contributed by atoms with E-state index in [2.05, 4.69) is 41.9 Å². The number of H-pyrrole nitrogens is 1. The number of aromatic nitrogens is 2. The summed E-state index contributed by atoms with van der Waals surface area (Å²) in [6.07, 6.45) is 4.06. The lowest BCUT2D eigenvalue weighted by Crippen LogP contribution is -2.40. The van der Waals surface area contributed by atoms with Crippen molar-refractivity contribution in [3.05, 3.63) is 82.3 Å². The van der Waals surface area contributed by atoms with Gasteiger partial charge in [0.05, 0.1) is 12.2 Å². The van der Waals surface area contributed by atoms with Crippen LogP contribution in [0.3, 0.4) is 0 Å². The maximum atomic E-state index is 13.0. The number of carbonyl (C=O) groups excluding carboxylic acids is 1. The summed E-state index contributed by atoms with van der Waals surface area (Å²) in [5.41, 5.74) is 7.52. The van der Waals surface area contributed by atoms with Gasteiger partial charge < -0.3 is 14.5 Å². The largest absolute Gasteiger partial charge is 0.354 e. The molecule has 1 aliphatic rings. The Morgan fingerprint density at radius 2 is 1.74 bits per heavy atom. The van der Waals surface area contributed by atoms with Crippen molar-refractivity contribution in [2.75, 3.05) is 33.7 Å². The molecule has 1 N–H and O–H groups in total. The number of aryl methyl sites for hydroxylation is 1. The standard InChI is InChI=1S/C32H38N4O2/c1-21(2)30-27-17-24(22-13-15-36(16-14-22)20-29(37)34(3)4)11-12-28(27)33-31(30)25-18-26(32(38)35(5)19-25)23-9-7-6-8-10-23/h6-12,17-19,21-22,33H,13-16,20H2,1-5H3. The van der Waals surface area contributed by atoms with E-state index in [0.29, 0.717) is 23.9 Å². The van der Waals surface area contributed by atoms with E-state index in [1.54, 1.807) is 9.47 Å². The number of benzene rings is 2. The first kappa shape index (κ1) is 26.0. The van der Waals surface area contributed by atoms with E-state index in [1.165, 1.54) is 16.5 Å². The minimum atomic E-state index is 0.00284. The van der Waals surface area contributed by atoms with Gasteiger partial charge in [0.15, 0.2) is 0 Å². The fraction of sp³-hybridized carbons (Fsp3) is 0.375. The molecule has 2 aromatic carbocycles. The Kier molecular flexibility index (Phi) is 7.26. The van der Waals surface area contributed by atoms with Gasteiger partial charge in [-0.1, -0.05) is 50.2 Å². The number of hydrogen-bond donors (Lipinski definition) is 1. The number of piperidine rings is 1. The molecule has 4 aromatic rings. The number of fused-ring (bicyclic) bond motifs is 1. The SMILES string of the molecule is CC(C)c1c(-c2cc(-c3ccccc3)c(=O)n(C)c2)[nH]c2ccc(C3CCN(CC(=O)N(C)C)CC3)cc12. The molecule has 6 nitrogen and oxygen atoms in total. The zero-order valence-electron chi connectivity index (χ0n) is 23.1. The molecule has 0 bridgehead atoms. The van der Waals surface area contributed by atoms with Crippen molar-refractivity contribution >= 4 is 16.8 Å². The Balaban J connectivity index is 1.49. The number of aromatic amines is 1. The van der Waals surface area contributed by atoms with Gasteiger partial charge in [-0.3, -0.25) is 14.5 Å². The minimum Gasteiger partial charge on any atom is -0.354 e. The van der Waals surface area contributed by atoms with Crippen LogP contribution in [0.1, 0.15) is 49.7 Å². The van der Waals surface area contributed by atoms with E-state index in [1.807, 2.05) is 63.7 Å². The number of likely N-dealkylation sites (N-methyl/N-ethyl adjacent to an activating group) is 1. The molecule has 198 valence electrons. The fourth-order valence-electron chi connectivity index (χ4n) is 5.74. The lowest BCUT2D eigenvalue weighted by Gasteiger charge is -2.32. The number of carbonyl (C=O) groups is 1. The van der Waals surface area contributed by atoms with Crippen LogP contribution in [0.25, 0.3) is 33.3 Å². The number of hydrogen-bond acceptors (Lipinski definition) is 3. The first-order valence-corrected chi connectivity index (χ1v) is 13.6. The average Bonchev–Trinajstić information content (AvgIpc) is 3.30. The molecule has 0 aliphatic carbocycles. The molecular weight excluding hydrogens is 472 g/mol. The van der Waals surface area contributed by atoms with Crippen molar-refractivity contribution in [1.29, 1.82) is 0 Å². The van der Waals surface area contributed by atoms with Crippen molar-refractivity contribution in [2.24, 2.45) is 7.05 Å². The molecule has 1 saturated heterocycles. The van der Waals surface area contributed by atoms with E-state index in [0.717, 1.165) is 48.3 Å². The molecule has 0 saturated carbocycles. The number of rotatable bonds is 6. The number of nitrogens with zero attached hydrogens (tertiary/aromatic N) is 3. The third-order valence-corrected chi connectivity index (χ3v) is 7.91. The average molecular weight is 511 g/mol. The topological polar surface area (TPSA) is 61.3 Å². The second kappa shape index (κ2) is 10.6. The first-order chi connectivity index (χ1) is 18.2. The summed E-state index contributed by atoms with van der Waals surface area (Å²) in [6.45, 7) is 6.86. The number of likely N-dealkylation sites (tertiary alicyclic amines) is 1. The highest BCUT2D eigenvalue weighted by atomic mass is 16.2. The number of nitrogens with one attached hydrogen (secondary N) is 1. The fourth-order valence-corrected chi connectivity index (χ4v) is 5.74. The van der Waals surface area contributed by atoms with Crippen LogP contribution < -0.4 is 5.56 Å². The van der Waals surface area contributed by atoms with Crippen molar-refractivity contribution < 1.29 is 4.79 Å². The van der Waals surface area contributed by atoms with Gasteiger partial charge in [0.25, 0.3) is 5.56 Å². The molecule has 1 amide bonds. The smallest absolute Gasteiger partial charge is 0.258 e. The molecule has 1 fully saturated rings. The Hall–Kier alpha value is -3.64. The van der Waals surface area contributed by atoms with E-state index in [4.69, 9.17) is 0 Å². The monoisotopic (exact) mass is 510 g/mol. The summed E-state index contributed by atoms with van der Waals surface area (Å²) in [7, 11) is 5.46. The predicted molar refractivity (Wildman–Crippen MR) is 156 cm³/mol. The number of amides is 1. The van der Waals surface area contributed by atoms with Gasteiger partial charge in [-0.25, -0.2) is 0 Å². The second-order valence-corrected chi connectivity index (χ2v) is 11.1. The summed E-state index contributed by atoms with van der Waals surface area (Å²) in [5, 5.41) is 1.26. The van der Waals surface area contributed by atoms with Gasteiger partial charge in [0.2, 0.25) is 5.91 Å². The lowest BCUT2D eigenvalue weighted by molar-refractivity contribution is -0.130. The van der Waals surface area contributed by atoms with Gasteiger partial charge in [-0.2, -0.15) is 0 Å². The predicted octanol–water partition coefficient (Wildman–Crippen LogP) is 5.59. The highest BCUT2D eigenvalue weighted by molar-refractivity contribution is 5.92. The Bertz CT molecular complexity index is 1510. The highest BCUT2D eigenvalue weighted by Gasteiger charge is 2.24. The molecule has 0 radical (unpaired) electrons. The summed E-state index contributed by atoms with van der Waals surface area (Å²) >= 11 is 0. The molecule has 5 rings (SSSR count). The van der Waals surface area contributed by atoms with E-state index >= 15 is 0 Å². The van der Waals surface area contributed by atoms with E-state index < -0.39 is 0 Å². The van der Waals surface area contributed by atoms with Gasteiger partial charge >= 0.3 is 0 Å². The van der Waals surface area contributed by atoms with Gasteiger partial charge in [-0.15, -0.1) is 0 Å². The van der Waals surface area contributed by atoms with Crippen molar-refractivity contribution in [2.45, 2.75) is 38.5 Å². The van der Waals surface area contributed by atoms with Crippen LogP contribution in [0.5, 0.6) is 0 Å². The second-order valence-electron chi connectivity index (χ2n) is 11.1. The van der Waals surface area contributed by atoms with Gasteiger partial charge in [0, 0.05) is 49.4 Å². The Labute approximate surface area is 224 Å². The maximum Gasteiger partial charge on any atom is 0.258 e. The van der Waals surface area contributed by atoms with Crippen molar-refractivity contribution in [1.82, 2.24) is 19.4 Å². The van der Waals surface area contributed by atoms with E-state index in [-0.39, 0.29) is 11.5 Å². The van der Waals surface area contributed by atoms with Gasteiger partial charge in [0.1, 0.15) is 0 Å². The van der Waals surface area contributed by atoms with Crippen LogP contribution in [0, 0.1) is 0 Å². The minimum absolute atomic E-state index is 0.00284. The zero-order valence-corrected chi connectivity index (χ0v) is 23.1.